The fourth-order valence-corrected chi connectivity index (χ4v) is 3.21. The van der Waals surface area contributed by atoms with Gasteiger partial charge in [0.15, 0.2) is 5.96 Å². The molecule has 0 radical (unpaired) electrons. The monoisotopic (exact) mass is 561 g/mol. The van der Waals surface area contributed by atoms with Crippen molar-refractivity contribution in [2.24, 2.45) is 4.99 Å². The molecule has 0 atom stereocenters. The fraction of sp³-hybridized carbons (Fsp3) is 0.320. The Hall–Kier alpha value is -2.88. The van der Waals surface area contributed by atoms with Crippen LogP contribution in [-0.4, -0.2) is 36.2 Å². The van der Waals surface area contributed by atoms with Crippen molar-refractivity contribution in [1.82, 2.24) is 15.6 Å². The maximum atomic E-state index is 11.9. The smallest absolute Gasteiger partial charge is 0.412 e. The second kappa shape index (κ2) is 12.4. The summed E-state index contributed by atoms with van der Waals surface area (Å²) in [6, 6.07) is 17.9. The number of para-hydroxylation sites is 1. The van der Waals surface area contributed by atoms with Crippen LogP contribution in [0.25, 0.3) is 10.9 Å². The zero-order valence-electron chi connectivity index (χ0n) is 19.5. The SMILES string of the molecule is CN=C(NCCc1ccc(NC(=O)OC(C)(C)C)cc1)NCc1ccnc2ccccc12.I. The quantitative estimate of drug-likeness (QED) is 0.221. The summed E-state index contributed by atoms with van der Waals surface area (Å²) in [5.41, 5.74) is 3.50. The molecule has 0 aliphatic heterocycles. The minimum absolute atomic E-state index is 0. The Kier molecular flexibility index (Phi) is 9.90. The highest BCUT2D eigenvalue weighted by Gasteiger charge is 2.16. The molecule has 3 N–H and O–H groups in total. The van der Waals surface area contributed by atoms with Gasteiger partial charge in [-0.3, -0.25) is 15.3 Å². The van der Waals surface area contributed by atoms with Gasteiger partial charge in [-0.15, -0.1) is 24.0 Å². The molecule has 1 amide bonds. The van der Waals surface area contributed by atoms with Crippen molar-refractivity contribution in [2.45, 2.75) is 39.3 Å². The fourth-order valence-electron chi connectivity index (χ4n) is 3.21. The summed E-state index contributed by atoms with van der Waals surface area (Å²) in [4.78, 5) is 20.6. The number of anilines is 1. The third kappa shape index (κ3) is 8.53. The number of halogens is 1. The molecule has 0 saturated carbocycles. The van der Waals surface area contributed by atoms with E-state index >= 15 is 0 Å². The number of hydrogen-bond acceptors (Lipinski definition) is 4. The number of fused-ring (bicyclic) bond motifs is 1. The van der Waals surface area contributed by atoms with Crippen LogP contribution in [0.15, 0.2) is 65.8 Å². The number of aliphatic imine (C=N–C) groups is 1. The molecule has 1 aromatic heterocycles. The van der Waals surface area contributed by atoms with E-state index < -0.39 is 11.7 Å². The van der Waals surface area contributed by atoms with Crippen LogP contribution in [0.2, 0.25) is 0 Å². The summed E-state index contributed by atoms with van der Waals surface area (Å²) in [5, 5.41) is 10.6. The molecular formula is C25H32IN5O2. The molecule has 8 heteroatoms. The number of nitrogens with one attached hydrogen (secondary N) is 3. The largest absolute Gasteiger partial charge is 0.444 e. The molecule has 0 saturated heterocycles. The first-order chi connectivity index (χ1) is 15.3. The van der Waals surface area contributed by atoms with Crippen LogP contribution in [0.1, 0.15) is 31.9 Å². The molecule has 0 unspecified atom stereocenters. The molecule has 2 aromatic carbocycles. The van der Waals surface area contributed by atoms with E-state index in [1.165, 1.54) is 5.56 Å². The molecule has 0 fully saturated rings. The maximum Gasteiger partial charge on any atom is 0.412 e. The summed E-state index contributed by atoms with van der Waals surface area (Å²) >= 11 is 0. The Balaban J connectivity index is 0.00000385. The highest BCUT2D eigenvalue weighted by Crippen LogP contribution is 2.16. The first-order valence-electron chi connectivity index (χ1n) is 10.7. The summed E-state index contributed by atoms with van der Waals surface area (Å²) in [6.07, 6.45) is 2.20. The van der Waals surface area contributed by atoms with Crippen molar-refractivity contribution in [2.75, 3.05) is 18.9 Å². The Morgan fingerprint density at radius 2 is 1.76 bits per heavy atom. The third-order valence-electron chi connectivity index (χ3n) is 4.71. The van der Waals surface area contributed by atoms with E-state index in [-0.39, 0.29) is 24.0 Å². The minimum Gasteiger partial charge on any atom is -0.444 e. The van der Waals surface area contributed by atoms with E-state index in [9.17, 15) is 4.79 Å². The van der Waals surface area contributed by atoms with Gasteiger partial charge < -0.3 is 15.4 Å². The lowest BCUT2D eigenvalue weighted by molar-refractivity contribution is 0.0636. The summed E-state index contributed by atoms with van der Waals surface area (Å²) in [5.74, 6) is 0.745. The van der Waals surface area contributed by atoms with Gasteiger partial charge in [-0.2, -0.15) is 0 Å². The van der Waals surface area contributed by atoms with Gasteiger partial charge in [-0.05, 0) is 62.6 Å². The molecule has 176 valence electrons. The van der Waals surface area contributed by atoms with E-state index in [0.29, 0.717) is 12.2 Å². The van der Waals surface area contributed by atoms with Crippen LogP contribution < -0.4 is 16.0 Å². The first-order valence-corrected chi connectivity index (χ1v) is 10.7. The zero-order chi connectivity index (χ0) is 23.0. The van der Waals surface area contributed by atoms with Crippen molar-refractivity contribution in [3.63, 3.8) is 0 Å². The van der Waals surface area contributed by atoms with Gasteiger partial charge in [0.25, 0.3) is 0 Å². The average Bonchev–Trinajstić information content (AvgIpc) is 2.76. The van der Waals surface area contributed by atoms with Gasteiger partial charge in [-0.1, -0.05) is 30.3 Å². The highest BCUT2D eigenvalue weighted by atomic mass is 127. The number of nitrogens with zero attached hydrogens (tertiary/aromatic N) is 2. The number of guanidine groups is 1. The lowest BCUT2D eigenvalue weighted by Crippen LogP contribution is -2.37. The Labute approximate surface area is 212 Å². The topological polar surface area (TPSA) is 87.6 Å². The van der Waals surface area contributed by atoms with Crippen LogP contribution in [-0.2, 0) is 17.7 Å². The second-order valence-corrected chi connectivity index (χ2v) is 8.41. The number of benzene rings is 2. The molecule has 3 rings (SSSR count). The number of rotatable bonds is 6. The predicted octanol–water partition coefficient (Wildman–Crippen LogP) is 5.11. The number of aromatic nitrogens is 1. The second-order valence-electron chi connectivity index (χ2n) is 8.41. The normalized spacial score (nSPS) is 11.5. The molecule has 0 aliphatic rings. The van der Waals surface area contributed by atoms with Crippen LogP contribution in [0.4, 0.5) is 10.5 Å². The summed E-state index contributed by atoms with van der Waals surface area (Å²) < 4.78 is 5.27. The van der Waals surface area contributed by atoms with E-state index in [0.717, 1.165) is 35.4 Å². The molecule has 0 aliphatic carbocycles. The van der Waals surface area contributed by atoms with E-state index in [4.69, 9.17) is 4.74 Å². The Morgan fingerprint density at radius 3 is 2.45 bits per heavy atom. The van der Waals surface area contributed by atoms with E-state index in [1.54, 1.807) is 7.05 Å². The van der Waals surface area contributed by atoms with E-state index in [2.05, 4.69) is 32.0 Å². The number of carbonyl (C=O) groups is 1. The van der Waals surface area contributed by atoms with Gasteiger partial charge in [0.2, 0.25) is 0 Å². The number of amides is 1. The molecular weight excluding hydrogens is 529 g/mol. The van der Waals surface area contributed by atoms with Crippen molar-refractivity contribution in [3.8, 4) is 0 Å². The predicted molar refractivity (Wildman–Crippen MR) is 145 cm³/mol. The summed E-state index contributed by atoms with van der Waals surface area (Å²) in [7, 11) is 1.76. The molecule has 1 heterocycles. The van der Waals surface area contributed by atoms with Crippen molar-refractivity contribution in [1.29, 1.82) is 0 Å². The first kappa shape index (κ1) is 26.4. The number of pyridine rings is 1. The Morgan fingerprint density at radius 1 is 1.03 bits per heavy atom. The van der Waals surface area contributed by atoms with Crippen LogP contribution >= 0.6 is 24.0 Å². The van der Waals surface area contributed by atoms with Crippen LogP contribution in [0.5, 0.6) is 0 Å². The lowest BCUT2D eigenvalue weighted by atomic mass is 10.1. The van der Waals surface area contributed by atoms with Gasteiger partial charge in [0, 0.05) is 37.4 Å². The lowest BCUT2D eigenvalue weighted by Gasteiger charge is -2.19. The highest BCUT2D eigenvalue weighted by molar-refractivity contribution is 14.0. The standard InChI is InChI=1S/C25H31N5O2.HI/c1-25(2,3)32-24(31)30-20-11-9-18(10-12-20)13-15-28-23(26-4)29-17-19-14-16-27-22-8-6-5-7-21(19)22;/h5-12,14,16H,13,15,17H2,1-4H3,(H,30,31)(H2,26,28,29);1H. The van der Waals surface area contributed by atoms with Gasteiger partial charge in [-0.25, -0.2) is 4.79 Å². The molecule has 0 spiro atoms. The van der Waals surface area contributed by atoms with Gasteiger partial charge in [0.1, 0.15) is 5.60 Å². The number of ether oxygens (including phenoxy) is 1. The van der Waals surface area contributed by atoms with Crippen LogP contribution in [0.3, 0.4) is 0 Å². The van der Waals surface area contributed by atoms with Crippen molar-refractivity contribution in [3.05, 3.63) is 71.9 Å². The molecule has 0 bridgehead atoms. The van der Waals surface area contributed by atoms with Crippen molar-refractivity contribution < 1.29 is 9.53 Å². The third-order valence-corrected chi connectivity index (χ3v) is 4.71. The molecule has 33 heavy (non-hydrogen) atoms. The molecule has 7 nitrogen and oxygen atoms in total. The van der Waals surface area contributed by atoms with E-state index in [1.807, 2.05) is 75.5 Å². The Bertz CT molecular complexity index is 1070. The number of hydrogen-bond donors (Lipinski definition) is 3. The average molecular weight is 561 g/mol. The van der Waals surface area contributed by atoms with Gasteiger partial charge in [0.05, 0.1) is 5.52 Å². The summed E-state index contributed by atoms with van der Waals surface area (Å²) in [6.45, 7) is 6.91. The maximum absolute atomic E-state index is 11.9. The zero-order valence-corrected chi connectivity index (χ0v) is 21.8. The molecule has 3 aromatic rings. The minimum atomic E-state index is -0.521. The van der Waals surface area contributed by atoms with Crippen molar-refractivity contribution >= 4 is 52.6 Å². The van der Waals surface area contributed by atoms with Gasteiger partial charge >= 0.3 is 6.09 Å². The number of carbonyl (C=O) groups excluding carboxylic acids is 1. The van der Waals surface area contributed by atoms with Crippen LogP contribution in [0, 0.1) is 0 Å².